The number of aromatic nitrogens is 2. The molecule has 7 heteroatoms. The maximum absolute atomic E-state index is 12.1. The molecular formula is C13H15ClN4OS. The minimum absolute atomic E-state index is 0.00122. The van der Waals surface area contributed by atoms with Crippen molar-refractivity contribution in [3.63, 3.8) is 0 Å². The second kappa shape index (κ2) is 5.95. The average Bonchev–Trinajstić information content (AvgIpc) is 3.11. The van der Waals surface area contributed by atoms with Gasteiger partial charge in [-0.3, -0.25) is 9.47 Å². The number of carbonyl (C=O) groups excluding carboxylic acids is 1. The van der Waals surface area contributed by atoms with Crippen LogP contribution >= 0.6 is 22.9 Å². The van der Waals surface area contributed by atoms with Crippen LogP contribution in [0.2, 0.25) is 4.34 Å². The second-order valence-corrected chi connectivity index (χ2v) is 6.52. The molecule has 1 fully saturated rings. The quantitative estimate of drug-likeness (QED) is 0.855. The van der Waals surface area contributed by atoms with E-state index in [0.717, 1.165) is 37.1 Å². The molecule has 106 valence electrons. The van der Waals surface area contributed by atoms with E-state index in [2.05, 4.69) is 16.0 Å². The van der Waals surface area contributed by atoms with E-state index in [1.54, 1.807) is 30.1 Å². The van der Waals surface area contributed by atoms with Crippen molar-refractivity contribution in [3.8, 4) is 0 Å². The van der Waals surface area contributed by atoms with Gasteiger partial charge in [0.15, 0.2) is 0 Å². The van der Waals surface area contributed by atoms with Crippen molar-refractivity contribution in [2.75, 3.05) is 26.2 Å². The molecule has 1 aliphatic heterocycles. The SMILES string of the molecule is O=C(N1CCN(Cc2ccc(Cl)s2)CC1)n1ccnc1. The maximum Gasteiger partial charge on any atom is 0.329 e. The monoisotopic (exact) mass is 310 g/mol. The van der Waals surface area contributed by atoms with Crippen LogP contribution in [-0.2, 0) is 6.54 Å². The fourth-order valence-electron chi connectivity index (χ4n) is 2.29. The molecule has 0 radical (unpaired) electrons. The molecule has 3 rings (SSSR count). The molecule has 2 aromatic rings. The number of hydrogen-bond donors (Lipinski definition) is 0. The molecule has 5 nitrogen and oxygen atoms in total. The van der Waals surface area contributed by atoms with Crippen LogP contribution < -0.4 is 0 Å². The van der Waals surface area contributed by atoms with Gasteiger partial charge in [-0.15, -0.1) is 11.3 Å². The van der Waals surface area contributed by atoms with Crippen molar-refractivity contribution in [3.05, 3.63) is 40.1 Å². The smallest absolute Gasteiger partial charge is 0.321 e. The Kier molecular flexibility index (Phi) is 4.05. The van der Waals surface area contributed by atoms with E-state index in [1.165, 1.54) is 9.44 Å². The molecule has 1 amide bonds. The molecular weight excluding hydrogens is 296 g/mol. The third kappa shape index (κ3) is 3.03. The Morgan fingerprint density at radius 3 is 2.70 bits per heavy atom. The zero-order valence-electron chi connectivity index (χ0n) is 10.9. The summed E-state index contributed by atoms with van der Waals surface area (Å²) in [5.41, 5.74) is 0. The first kappa shape index (κ1) is 13.6. The molecule has 0 bridgehead atoms. The Hall–Kier alpha value is -1.37. The van der Waals surface area contributed by atoms with Gasteiger partial charge in [0, 0.05) is 50.0 Å². The summed E-state index contributed by atoms with van der Waals surface area (Å²) in [6, 6.07) is 4.00. The molecule has 0 aliphatic carbocycles. The highest BCUT2D eigenvalue weighted by Gasteiger charge is 2.22. The number of halogens is 1. The summed E-state index contributed by atoms with van der Waals surface area (Å²) in [5.74, 6) is 0. The maximum atomic E-state index is 12.1. The van der Waals surface area contributed by atoms with Gasteiger partial charge in [0.1, 0.15) is 6.33 Å². The molecule has 0 aromatic carbocycles. The highest BCUT2D eigenvalue weighted by atomic mass is 35.5. The predicted molar refractivity (Wildman–Crippen MR) is 79.2 cm³/mol. The highest BCUT2D eigenvalue weighted by Crippen LogP contribution is 2.23. The zero-order chi connectivity index (χ0) is 13.9. The number of nitrogens with zero attached hydrogens (tertiary/aromatic N) is 4. The number of carbonyl (C=O) groups is 1. The van der Waals surface area contributed by atoms with Crippen LogP contribution in [0.15, 0.2) is 30.9 Å². The molecule has 20 heavy (non-hydrogen) atoms. The Labute approximate surface area is 126 Å². The summed E-state index contributed by atoms with van der Waals surface area (Å²) in [7, 11) is 0. The molecule has 0 spiro atoms. The largest absolute Gasteiger partial charge is 0.329 e. The second-order valence-electron chi connectivity index (χ2n) is 4.72. The topological polar surface area (TPSA) is 41.4 Å². The first-order chi connectivity index (χ1) is 9.72. The third-order valence-electron chi connectivity index (χ3n) is 3.38. The van der Waals surface area contributed by atoms with Gasteiger partial charge in [-0.05, 0) is 12.1 Å². The van der Waals surface area contributed by atoms with Crippen LogP contribution in [0.3, 0.4) is 0 Å². The third-order valence-corrected chi connectivity index (χ3v) is 4.59. The van der Waals surface area contributed by atoms with E-state index in [-0.39, 0.29) is 6.03 Å². The van der Waals surface area contributed by atoms with Gasteiger partial charge in [0.25, 0.3) is 0 Å². The van der Waals surface area contributed by atoms with Gasteiger partial charge in [-0.1, -0.05) is 11.6 Å². The summed E-state index contributed by atoms with van der Waals surface area (Å²) in [5, 5.41) is 0. The molecule has 0 N–H and O–H groups in total. The molecule has 0 atom stereocenters. The lowest BCUT2D eigenvalue weighted by molar-refractivity contribution is 0.137. The Bertz CT molecular complexity index is 575. The summed E-state index contributed by atoms with van der Waals surface area (Å²) in [6.45, 7) is 4.17. The fourth-order valence-corrected chi connectivity index (χ4v) is 3.42. The lowest BCUT2D eigenvalue weighted by Gasteiger charge is -2.34. The van der Waals surface area contributed by atoms with Gasteiger partial charge < -0.3 is 4.90 Å². The number of amides is 1. The first-order valence-corrected chi connectivity index (χ1v) is 7.65. The van der Waals surface area contributed by atoms with Crippen molar-refractivity contribution >= 4 is 29.0 Å². The average molecular weight is 311 g/mol. The Balaban J connectivity index is 1.53. The summed E-state index contributed by atoms with van der Waals surface area (Å²) < 4.78 is 2.35. The van der Waals surface area contributed by atoms with Crippen LogP contribution in [-0.4, -0.2) is 51.6 Å². The molecule has 3 heterocycles. The summed E-state index contributed by atoms with van der Waals surface area (Å²) in [6.07, 6.45) is 4.85. The number of thiophene rings is 1. The van der Waals surface area contributed by atoms with E-state index in [9.17, 15) is 4.79 Å². The van der Waals surface area contributed by atoms with Crippen LogP contribution in [0, 0.1) is 0 Å². The van der Waals surface area contributed by atoms with Crippen molar-refractivity contribution in [2.24, 2.45) is 0 Å². The van der Waals surface area contributed by atoms with E-state index < -0.39 is 0 Å². The van der Waals surface area contributed by atoms with Crippen LogP contribution in [0.1, 0.15) is 4.88 Å². The fraction of sp³-hybridized carbons (Fsp3) is 0.385. The summed E-state index contributed by atoms with van der Waals surface area (Å²) >= 11 is 7.56. The first-order valence-electron chi connectivity index (χ1n) is 6.46. The molecule has 1 saturated heterocycles. The van der Waals surface area contributed by atoms with E-state index >= 15 is 0 Å². The van der Waals surface area contributed by atoms with E-state index in [4.69, 9.17) is 11.6 Å². The predicted octanol–water partition coefficient (Wildman–Crippen LogP) is 2.38. The van der Waals surface area contributed by atoms with Gasteiger partial charge in [0.05, 0.1) is 4.34 Å². The minimum Gasteiger partial charge on any atom is -0.321 e. The highest BCUT2D eigenvalue weighted by molar-refractivity contribution is 7.16. The molecule has 0 saturated carbocycles. The van der Waals surface area contributed by atoms with Crippen molar-refractivity contribution in [2.45, 2.75) is 6.54 Å². The van der Waals surface area contributed by atoms with Crippen LogP contribution in [0.25, 0.3) is 0 Å². The molecule has 1 aliphatic rings. The number of imidazole rings is 1. The zero-order valence-corrected chi connectivity index (χ0v) is 12.5. The Morgan fingerprint density at radius 2 is 2.10 bits per heavy atom. The molecule has 2 aromatic heterocycles. The lowest BCUT2D eigenvalue weighted by atomic mass is 10.3. The van der Waals surface area contributed by atoms with Gasteiger partial charge in [-0.2, -0.15) is 0 Å². The van der Waals surface area contributed by atoms with Crippen LogP contribution in [0.4, 0.5) is 4.79 Å². The van der Waals surface area contributed by atoms with E-state index in [1.807, 2.05) is 11.0 Å². The van der Waals surface area contributed by atoms with E-state index in [0.29, 0.717) is 0 Å². The minimum atomic E-state index is 0.00122. The normalized spacial score (nSPS) is 16.6. The van der Waals surface area contributed by atoms with Crippen molar-refractivity contribution < 1.29 is 4.79 Å². The van der Waals surface area contributed by atoms with Crippen LogP contribution in [0.5, 0.6) is 0 Å². The summed E-state index contributed by atoms with van der Waals surface area (Å²) in [4.78, 5) is 21.5. The number of hydrogen-bond acceptors (Lipinski definition) is 4. The molecule has 0 unspecified atom stereocenters. The van der Waals surface area contributed by atoms with Gasteiger partial charge in [-0.25, -0.2) is 9.78 Å². The Morgan fingerprint density at radius 1 is 1.30 bits per heavy atom. The van der Waals surface area contributed by atoms with Crippen molar-refractivity contribution in [1.82, 2.24) is 19.4 Å². The lowest BCUT2D eigenvalue weighted by Crippen LogP contribution is -2.49. The standard InChI is InChI=1S/C13H15ClN4OS/c14-12-2-1-11(20-12)9-16-5-7-17(8-6-16)13(19)18-4-3-15-10-18/h1-4,10H,5-9H2. The van der Waals surface area contributed by atoms with Crippen molar-refractivity contribution in [1.29, 1.82) is 0 Å². The van der Waals surface area contributed by atoms with Gasteiger partial charge >= 0.3 is 6.03 Å². The number of piperazine rings is 1. The van der Waals surface area contributed by atoms with Gasteiger partial charge in [0.2, 0.25) is 0 Å². The number of rotatable bonds is 2.